The highest BCUT2D eigenvalue weighted by Crippen LogP contribution is 2.30. The lowest BCUT2D eigenvalue weighted by atomic mass is 9.93. The highest BCUT2D eigenvalue weighted by molar-refractivity contribution is 5.75. The van der Waals surface area contributed by atoms with Gasteiger partial charge in [-0.2, -0.15) is 0 Å². The first-order chi connectivity index (χ1) is 21.5. The lowest BCUT2D eigenvalue weighted by Gasteiger charge is -2.45. The van der Waals surface area contributed by atoms with Crippen LogP contribution in [0.4, 0.5) is 0 Å². The number of nitrogens with zero attached hydrogens (tertiary/aromatic N) is 1. The summed E-state index contributed by atoms with van der Waals surface area (Å²) in [5, 5.41) is 94.2. The molecule has 262 valence electrons. The number of aliphatic hydroxyl groups excluding tert-OH is 8. The summed E-state index contributed by atoms with van der Waals surface area (Å²) in [6.45, 7) is -1.15. The second-order valence-corrected chi connectivity index (χ2v) is 11.6. The van der Waals surface area contributed by atoms with Crippen molar-refractivity contribution in [1.29, 1.82) is 0 Å². The Kier molecular flexibility index (Phi) is 15.6. The quantitative estimate of drug-likeness (QED) is 0.0319. The molecule has 0 aromatic rings. The molecule has 2 saturated heterocycles. The van der Waals surface area contributed by atoms with Crippen LogP contribution in [0.15, 0.2) is 0 Å². The molecule has 11 atom stereocenters. The molecular weight excluding hydrogens is 608 g/mol. The molecular formula is C27H48N2O16. The Morgan fingerprint density at radius 1 is 0.867 bits per heavy atom. The van der Waals surface area contributed by atoms with Gasteiger partial charge in [-0.15, -0.1) is 0 Å². The van der Waals surface area contributed by atoms with Gasteiger partial charge in [0.05, 0.1) is 25.9 Å². The average Bonchev–Trinajstić information content (AvgIpc) is 3.02. The van der Waals surface area contributed by atoms with Crippen LogP contribution < -0.4 is 5.32 Å². The van der Waals surface area contributed by atoms with Crippen molar-refractivity contribution >= 4 is 5.91 Å². The topological polar surface area (TPSA) is 280 Å². The molecule has 18 heteroatoms. The molecule has 7 unspecified atom stereocenters. The summed E-state index contributed by atoms with van der Waals surface area (Å²) in [5.41, 5.74) is 0. The van der Waals surface area contributed by atoms with E-state index >= 15 is 0 Å². The van der Waals surface area contributed by atoms with E-state index in [1.165, 1.54) is 0 Å². The fourth-order valence-corrected chi connectivity index (χ4v) is 5.56. The molecule has 1 aliphatic carbocycles. The van der Waals surface area contributed by atoms with Gasteiger partial charge in [0.15, 0.2) is 18.9 Å². The van der Waals surface area contributed by atoms with E-state index in [0.29, 0.717) is 51.4 Å². The Balaban J connectivity index is 1.32. The summed E-state index contributed by atoms with van der Waals surface area (Å²) in [5.74, 6) is -0.214. The monoisotopic (exact) mass is 656 g/mol. The molecule has 0 bridgehead atoms. The zero-order valence-corrected chi connectivity index (χ0v) is 25.0. The van der Waals surface area contributed by atoms with Crippen LogP contribution >= 0.6 is 0 Å². The van der Waals surface area contributed by atoms with Crippen molar-refractivity contribution in [2.24, 2.45) is 0 Å². The van der Waals surface area contributed by atoms with Crippen molar-refractivity contribution in [1.82, 2.24) is 5.32 Å². The maximum absolute atomic E-state index is 12.2. The van der Waals surface area contributed by atoms with Crippen LogP contribution in [0, 0.1) is 10.1 Å². The van der Waals surface area contributed by atoms with Gasteiger partial charge in [-0.05, 0) is 38.5 Å². The first kappa shape index (κ1) is 37.8. The highest BCUT2D eigenvalue weighted by Gasteiger charge is 2.50. The number of carbonyl (C=O) groups excluding carboxylic acids is 1. The molecule has 3 rings (SSSR count). The summed E-state index contributed by atoms with van der Waals surface area (Å²) in [4.78, 5) is 22.7. The zero-order valence-electron chi connectivity index (χ0n) is 25.0. The fourth-order valence-electron chi connectivity index (χ4n) is 5.56. The Bertz CT molecular complexity index is 893. The van der Waals surface area contributed by atoms with Gasteiger partial charge < -0.3 is 69.9 Å². The Morgan fingerprint density at radius 2 is 1.51 bits per heavy atom. The SMILES string of the molecule is O=C(CCCCC(O)OC1CCC([N+](=O)[O-])CC1)NCCCO[C@@H]1OC(CO)[C@H](O)C(O[C@H]2OC(CO)[C@H](O)C(O)C2O)C1O. The second kappa shape index (κ2) is 18.6. The number of nitro groups is 1. The molecule has 0 radical (unpaired) electrons. The molecule has 0 aromatic carbocycles. The molecule has 0 aromatic heterocycles. The van der Waals surface area contributed by atoms with Gasteiger partial charge in [0.1, 0.15) is 48.8 Å². The van der Waals surface area contributed by atoms with Crippen LogP contribution in [-0.4, -0.2) is 158 Å². The van der Waals surface area contributed by atoms with Crippen LogP contribution in [0.2, 0.25) is 0 Å². The largest absolute Gasteiger partial charge is 0.394 e. The normalized spacial score (nSPS) is 38.0. The number of carbonyl (C=O) groups is 1. The third kappa shape index (κ3) is 11.0. The van der Waals surface area contributed by atoms with Gasteiger partial charge in [-0.25, -0.2) is 0 Å². The first-order valence-electron chi connectivity index (χ1n) is 15.4. The van der Waals surface area contributed by atoms with Crippen LogP contribution in [0.25, 0.3) is 0 Å². The second-order valence-electron chi connectivity index (χ2n) is 11.6. The van der Waals surface area contributed by atoms with Gasteiger partial charge in [-0.1, -0.05) is 0 Å². The summed E-state index contributed by atoms with van der Waals surface area (Å²) >= 11 is 0. The molecule has 0 spiro atoms. The minimum absolute atomic E-state index is 0.00384. The number of ether oxygens (including phenoxy) is 5. The molecule has 1 amide bonds. The highest BCUT2D eigenvalue weighted by atomic mass is 16.7. The number of unbranched alkanes of at least 4 members (excludes halogenated alkanes) is 1. The minimum atomic E-state index is -1.78. The molecule has 9 N–H and O–H groups in total. The van der Waals surface area contributed by atoms with Crippen molar-refractivity contribution < 1.29 is 74.3 Å². The predicted molar refractivity (Wildman–Crippen MR) is 149 cm³/mol. The lowest BCUT2D eigenvalue weighted by molar-refractivity contribution is -0.527. The third-order valence-corrected chi connectivity index (χ3v) is 8.28. The molecule has 2 aliphatic heterocycles. The predicted octanol–water partition coefficient (Wildman–Crippen LogP) is -3.38. The van der Waals surface area contributed by atoms with Gasteiger partial charge >= 0.3 is 0 Å². The number of nitrogens with one attached hydrogen (secondary N) is 1. The summed E-state index contributed by atoms with van der Waals surface area (Å²) < 4.78 is 27.4. The minimum Gasteiger partial charge on any atom is -0.394 e. The standard InChI is InChI=1S/C27H48N2O16/c30-12-16-20(34)22(36)23(37)27(44-16)45-25-21(35)17(13-31)43-26(24(25)38)41-11-3-10-28-18(32)4-1-2-5-19(33)42-15-8-6-14(7-9-15)29(39)40/h14-17,19-27,30-31,33-38H,1-13H2,(H,28,32)/t14?,15?,16?,17?,19?,20-,21-,22?,23?,24?,25?,26+,27+/m0/s1. The Hall–Kier alpha value is -1.65. The van der Waals surface area contributed by atoms with E-state index in [2.05, 4.69) is 5.32 Å². The smallest absolute Gasteiger partial charge is 0.219 e. The van der Waals surface area contributed by atoms with Crippen LogP contribution in [-0.2, 0) is 28.5 Å². The van der Waals surface area contributed by atoms with Crippen molar-refractivity contribution in [3.05, 3.63) is 10.1 Å². The Labute approximate surface area is 259 Å². The van der Waals surface area contributed by atoms with Crippen molar-refractivity contribution in [3.8, 4) is 0 Å². The number of rotatable bonds is 17. The van der Waals surface area contributed by atoms with Gasteiger partial charge in [0.25, 0.3) is 0 Å². The number of aliphatic hydroxyl groups is 8. The van der Waals surface area contributed by atoms with E-state index in [1.54, 1.807) is 0 Å². The summed E-state index contributed by atoms with van der Waals surface area (Å²) in [6, 6.07) is -0.549. The molecule has 3 fully saturated rings. The van der Waals surface area contributed by atoms with Gasteiger partial charge in [0.2, 0.25) is 11.9 Å². The molecule has 1 saturated carbocycles. The summed E-state index contributed by atoms with van der Waals surface area (Å²) in [7, 11) is 0. The van der Waals surface area contributed by atoms with Crippen LogP contribution in [0.3, 0.4) is 0 Å². The average molecular weight is 657 g/mol. The van der Waals surface area contributed by atoms with Crippen molar-refractivity contribution in [2.75, 3.05) is 26.4 Å². The van der Waals surface area contributed by atoms with E-state index in [9.17, 15) is 55.8 Å². The number of amides is 1. The van der Waals surface area contributed by atoms with Gasteiger partial charge in [0, 0.05) is 30.7 Å². The number of hydrogen-bond acceptors (Lipinski definition) is 16. The van der Waals surface area contributed by atoms with Crippen LogP contribution in [0.5, 0.6) is 0 Å². The molecule has 3 aliphatic rings. The Morgan fingerprint density at radius 3 is 2.16 bits per heavy atom. The zero-order chi connectivity index (χ0) is 33.1. The van der Waals surface area contributed by atoms with Gasteiger partial charge in [-0.3, -0.25) is 14.9 Å². The van der Waals surface area contributed by atoms with Crippen molar-refractivity contribution in [3.63, 3.8) is 0 Å². The molecule has 45 heavy (non-hydrogen) atoms. The fraction of sp³-hybridized carbons (Fsp3) is 0.963. The van der Waals surface area contributed by atoms with E-state index in [0.717, 1.165) is 0 Å². The molecule has 2 heterocycles. The maximum atomic E-state index is 12.2. The summed E-state index contributed by atoms with van der Waals surface area (Å²) in [6.07, 6.45) is -12.8. The number of hydrogen-bond donors (Lipinski definition) is 9. The lowest BCUT2D eigenvalue weighted by Crippen LogP contribution is -2.64. The van der Waals surface area contributed by atoms with Crippen molar-refractivity contribution in [2.45, 2.75) is 138 Å². The van der Waals surface area contributed by atoms with E-state index < -0.39 is 87.0 Å². The van der Waals surface area contributed by atoms with E-state index in [1.807, 2.05) is 0 Å². The van der Waals surface area contributed by atoms with E-state index in [-0.39, 0.29) is 36.5 Å². The third-order valence-electron chi connectivity index (χ3n) is 8.28. The molecule has 18 nitrogen and oxygen atoms in total. The van der Waals surface area contributed by atoms with E-state index in [4.69, 9.17) is 23.7 Å². The first-order valence-corrected chi connectivity index (χ1v) is 15.4. The van der Waals surface area contributed by atoms with Crippen LogP contribution in [0.1, 0.15) is 57.8 Å². The maximum Gasteiger partial charge on any atom is 0.219 e.